The van der Waals surface area contributed by atoms with Gasteiger partial charge in [-0.25, -0.2) is 5.43 Å². The summed E-state index contributed by atoms with van der Waals surface area (Å²) >= 11 is 2.15. The van der Waals surface area contributed by atoms with E-state index in [0.29, 0.717) is 11.1 Å². The van der Waals surface area contributed by atoms with Crippen LogP contribution in [0.25, 0.3) is 0 Å². The lowest BCUT2D eigenvalue weighted by atomic mass is 10.2. The van der Waals surface area contributed by atoms with Gasteiger partial charge in [-0.15, -0.1) is 0 Å². The van der Waals surface area contributed by atoms with Crippen molar-refractivity contribution in [3.63, 3.8) is 0 Å². The first kappa shape index (κ1) is 14.3. The molecule has 0 bridgehead atoms. The molecule has 3 N–H and O–H groups in total. The molecule has 0 aliphatic heterocycles. The second-order valence-electron chi connectivity index (χ2n) is 3.95. The van der Waals surface area contributed by atoms with E-state index in [1.54, 1.807) is 12.1 Å². The highest BCUT2D eigenvalue weighted by molar-refractivity contribution is 14.1. The van der Waals surface area contributed by atoms with Crippen molar-refractivity contribution in [2.24, 2.45) is 5.10 Å². The monoisotopic (exact) mass is 382 g/mol. The summed E-state index contributed by atoms with van der Waals surface area (Å²) in [4.78, 5) is 11.8. The van der Waals surface area contributed by atoms with E-state index in [-0.39, 0.29) is 17.4 Å². The Morgan fingerprint density at radius 2 is 1.85 bits per heavy atom. The lowest BCUT2D eigenvalue weighted by Crippen LogP contribution is -2.17. The van der Waals surface area contributed by atoms with E-state index in [2.05, 4.69) is 33.1 Å². The molecule has 0 fully saturated rings. The van der Waals surface area contributed by atoms with Crippen molar-refractivity contribution in [2.75, 3.05) is 0 Å². The summed E-state index contributed by atoms with van der Waals surface area (Å²) in [6, 6.07) is 11.2. The number of phenols is 2. The smallest absolute Gasteiger partial charge is 0.271 e. The lowest BCUT2D eigenvalue weighted by molar-refractivity contribution is 0.0955. The van der Waals surface area contributed by atoms with Gasteiger partial charge in [-0.3, -0.25) is 4.79 Å². The van der Waals surface area contributed by atoms with E-state index in [9.17, 15) is 9.90 Å². The summed E-state index contributed by atoms with van der Waals surface area (Å²) < 4.78 is 1.04. The average molecular weight is 382 g/mol. The summed E-state index contributed by atoms with van der Waals surface area (Å²) in [5.41, 5.74) is 3.26. The quantitative estimate of drug-likeness (QED) is 0.434. The first-order chi connectivity index (χ1) is 9.56. The zero-order chi connectivity index (χ0) is 14.5. The molecule has 0 heterocycles. The number of hydrogen-bond donors (Lipinski definition) is 3. The fourth-order valence-electron chi connectivity index (χ4n) is 1.47. The minimum absolute atomic E-state index is 0.0393. The second kappa shape index (κ2) is 6.38. The van der Waals surface area contributed by atoms with E-state index >= 15 is 0 Å². The van der Waals surface area contributed by atoms with Crippen LogP contribution in [0.15, 0.2) is 47.6 Å². The van der Waals surface area contributed by atoms with Gasteiger partial charge in [0.15, 0.2) is 0 Å². The Hall–Kier alpha value is -2.09. The molecule has 102 valence electrons. The molecule has 0 unspecified atom stereocenters. The SMILES string of the molecule is O=C(NN=Cc1ccc(O)cc1O)c1ccc(I)cc1. The summed E-state index contributed by atoms with van der Waals surface area (Å²) in [5.74, 6) is -0.490. The molecule has 1 amide bonds. The maximum absolute atomic E-state index is 11.8. The molecule has 0 aromatic heterocycles. The van der Waals surface area contributed by atoms with Crippen molar-refractivity contribution in [3.8, 4) is 11.5 Å². The average Bonchev–Trinajstić information content (AvgIpc) is 2.42. The summed E-state index contributed by atoms with van der Waals surface area (Å²) in [6.07, 6.45) is 1.30. The number of amides is 1. The third kappa shape index (κ3) is 3.70. The highest BCUT2D eigenvalue weighted by atomic mass is 127. The number of benzene rings is 2. The molecule has 0 atom stereocenters. The molecule has 2 rings (SSSR count). The number of nitrogens with one attached hydrogen (secondary N) is 1. The predicted molar refractivity (Wildman–Crippen MR) is 84.0 cm³/mol. The van der Waals surface area contributed by atoms with Gasteiger partial charge < -0.3 is 10.2 Å². The van der Waals surface area contributed by atoms with Gasteiger partial charge in [0.2, 0.25) is 0 Å². The van der Waals surface area contributed by atoms with Crippen LogP contribution in [-0.4, -0.2) is 22.3 Å². The van der Waals surface area contributed by atoms with Gasteiger partial charge in [0.05, 0.1) is 6.21 Å². The number of carbonyl (C=O) groups is 1. The van der Waals surface area contributed by atoms with Gasteiger partial charge in [-0.1, -0.05) is 0 Å². The van der Waals surface area contributed by atoms with Crippen LogP contribution in [0.5, 0.6) is 11.5 Å². The second-order valence-corrected chi connectivity index (χ2v) is 5.19. The van der Waals surface area contributed by atoms with Gasteiger partial charge >= 0.3 is 0 Å². The number of halogens is 1. The Bertz CT molecular complexity index is 654. The molecular weight excluding hydrogens is 371 g/mol. The topological polar surface area (TPSA) is 81.9 Å². The highest BCUT2D eigenvalue weighted by Gasteiger charge is 2.03. The zero-order valence-corrected chi connectivity index (χ0v) is 12.4. The van der Waals surface area contributed by atoms with Crippen LogP contribution < -0.4 is 5.43 Å². The molecule has 0 aliphatic rings. The fourth-order valence-corrected chi connectivity index (χ4v) is 1.83. The van der Waals surface area contributed by atoms with Crippen molar-refractivity contribution in [1.82, 2.24) is 5.43 Å². The first-order valence-electron chi connectivity index (χ1n) is 5.67. The third-order valence-corrected chi connectivity index (χ3v) is 3.21. The number of aromatic hydroxyl groups is 2. The van der Waals surface area contributed by atoms with E-state index < -0.39 is 0 Å². The van der Waals surface area contributed by atoms with Gasteiger partial charge in [-0.2, -0.15) is 5.10 Å². The van der Waals surface area contributed by atoms with Crippen LogP contribution in [0.1, 0.15) is 15.9 Å². The van der Waals surface area contributed by atoms with Crippen molar-refractivity contribution in [1.29, 1.82) is 0 Å². The van der Waals surface area contributed by atoms with Crippen LogP contribution in [0, 0.1) is 3.57 Å². The van der Waals surface area contributed by atoms with Crippen LogP contribution >= 0.6 is 22.6 Å². The number of nitrogens with zero attached hydrogens (tertiary/aromatic N) is 1. The molecule has 0 radical (unpaired) electrons. The molecule has 2 aromatic carbocycles. The predicted octanol–water partition coefficient (Wildman–Crippen LogP) is 2.47. The van der Waals surface area contributed by atoms with E-state index in [4.69, 9.17) is 5.11 Å². The Balaban J connectivity index is 2.02. The van der Waals surface area contributed by atoms with Gasteiger partial charge in [0, 0.05) is 20.8 Å². The van der Waals surface area contributed by atoms with E-state index in [0.717, 1.165) is 3.57 Å². The maximum atomic E-state index is 11.8. The number of phenolic OH excluding ortho intramolecular Hbond substituents is 2. The zero-order valence-electron chi connectivity index (χ0n) is 10.2. The number of hydrazone groups is 1. The minimum Gasteiger partial charge on any atom is -0.508 e. The molecule has 2 aromatic rings. The van der Waals surface area contributed by atoms with E-state index in [1.807, 2.05) is 12.1 Å². The molecule has 5 nitrogen and oxygen atoms in total. The van der Waals surface area contributed by atoms with E-state index in [1.165, 1.54) is 24.4 Å². The number of hydrogen-bond acceptors (Lipinski definition) is 4. The Labute approximate surface area is 129 Å². The van der Waals surface area contributed by atoms with Crippen LogP contribution in [0.3, 0.4) is 0 Å². The van der Waals surface area contributed by atoms with Crippen LogP contribution in [0.4, 0.5) is 0 Å². The molecule has 0 saturated heterocycles. The van der Waals surface area contributed by atoms with Crippen molar-refractivity contribution in [2.45, 2.75) is 0 Å². The third-order valence-electron chi connectivity index (χ3n) is 2.49. The van der Waals surface area contributed by atoms with Crippen molar-refractivity contribution < 1.29 is 15.0 Å². The Kier molecular flexibility index (Phi) is 4.57. The Morgan fingerprint density at radius 3 is 2.50 bits per heavy atom. The summed E-state index contributed by atoms with van der Waals surface area (Å²) in [5, 5.41) is 22.4. The van der Waals surface area contributed by atoms with Crippen LogP contribution in [0.2, 0.25) is 0 Å². The fraction of sp³-hybridized carbons (Fsp3) is 0. The number of carbonyl (C=O) groups excluding carboxylic acids is 1. The van der Waals surface area contributed by atoms with Gasteiger partial charge in [-0.05, 0) is 59.0 Å². The van der Waals surface area contributed by atoms with Gasteiger partial charge in [0.1, 0.15) is 11.5 Å². The lowest BCUT2D eigenvalue weighted by Gasteiger charge is -2.01. The first-order valence-corrected chi connectivity index (χ1v) is 6.75. The van der Waals surface area contributed by atoms with Crippen molar-refractivity contribution >= 4 is 34.7 Å². The van der Waals surface area contributed by atoms with Crippen molar-refractivity contribution in [3.05, 3.63) is 57.2 Å². The molecule has 0 spiro atoms. The highest BCUT2D eigenvalue weighted by Crippen LogP contribution is 2.20. The molecule has 6 heteroatoms. The largest absolute Gasteiger partial charge is 0.508 e. The Morgan fingerprint density at radius 1 is 1.15 bits per heavy atom. The molecule has 0 aliphatic carbocycles. The standard InChI is InChI=1S/C14H11IN2O3/c15-11-4-1-9(2-5-11)14(20)17-16-8-10-3-6-12(18)7-13(10)19/h1-8,18-19H,(H,17,20). The molecular formula is C14H11IN2O3. The van der Waals surface area contributed by atoms with Gasteiger partial charge in [0.25, 0.3) is 5.91 Å². The summed E-state index contributed by atoms with van der Waals surface area (Å²) in [7, 11) is 0. The molecule has 0 saturated carbocycles. The maximum Gasteiger partial charge on any atom is 0.271 e. The molecule has 20 heavy (non-hydrogen) atoms. The van der Waals surface area contributed by atoms with Crippen LogP contribution in [-0.2, 0) is 0 Å². The number of rotatable bonds is 3. The minimum atomic E-state index is -0.337. The normalized spacial score (nSPS) is 10.7. The summed E-state index contributed by atoms with van der Waals surface area (Å²) in [6.45, 7) is 0.